The number of methoxy groups -OCH3 is 2. The zero-order valence-corrected chi connectivity index (χ0v) is 15.8. The summed E-state index contributed by atoms with van der Waals surface area (Å²) < 4.78 is 28.2. The molecule has 7 heteroatoms. The molecule has 1 aliphatic carbocycles. The first-order valence-corrected chi connectivity index (χ1v) is 8.61. The molecule has 0 radical (unpaired) electrons. The van der Waals surface area contributed by atoms with Gasteiger partial charge in [-0.2, -0.15) is 0 Å². The fourth-order valence-electron chi connectivity index (χ4n) is 2.68. The van der Waals surface area contributed by atoms with Crippen molar-refractivity contribution in [1.82, 2.24) is 5.32 Å². The van der Waals surface area contributed by atoms with E-state index in [1.165, 1.54) is 12.7 Å². The number of nitrogens with one attached hydrogen (secondary N) is 1. The minimum absolute atomic E-state index is 0.155. The summed E-state index contributed by atoms with van der Waals surface area (Å²) in [7, 11) is 2.84. The summed E-state index contributed by atoms with van der Waals surface area (Å²) in [5.41, 5.74) is 0.513. The topological polar surface area (TPSA) is 73.9 Å². The van der Waals surface area contributed by atoms with E-state index in [0.29, 0.717) is 12.8 Å². The van der Waals surface area contributed by atoms with Gasteiger partial charge < -0.3 is 19.5 Å². The van der Waals surface area contributed by atoms with Crippen LogP contribution in [0.15, 0.2) is 11.3 Å². The van der Waals surface area contributed by atoms with Crippen molar-refractivity contribution in [3.05, 3.63) is 11.3 Å². The van der Waals surface area contributed by atoms with Crippen LogP contribution < -0.4 is 5.32 Å². The van der Waals surface area contributed by atoms with Crippen LogP contribution in [-0.2, 0) is 19.0 Å². The second kappa shape index (κ2) is 9.63. The molecule has 0 aromatic carbocycles. The molecule has 0 aromatic rings. The number of carbonyl (C=O) groups excluding carboxylic acids is 2. The van der Waals surface area contributed by atoms with Gasteiger partial charge in [0.15, 0.2) is 0 Å². The maximum atomic E-state index is 12.7. The van der Waals surface area contributed by atoms with Gasteiger partial charge in [-0.15, -0.1) is 0 Å². The normalized spacial score (nSPS) is 15.8. The van der Waals surface area contributed by atoms with Gasteiger partial charge in [0, 0.05) is 5.92 Å². The molecule has 1 N–H and O–H groups in total. The SMILES string of the molecule is COC(=O)[C@H](C[C@H](CCCF)C(OC)=C1CC1)NC(=O)OC(C)(C)C. The van der Waals surface area contributed by atoms with Gasteiger partial charge in [0.25, 0.3) is 0 Å². The molecule has 0 aliphatic heterocycles. The summed E-state index contributed by atoms with van der Waals surface area (Å²) in [6.45, 7) is 4.78. The molecule has 0 unspecified atom stereocenters. The summed E-state index contributed by atoms with van der Waals surface area (Å²) in [5, 5.41) is 2.56. The molecule has 0 aromatic heterocycles. The molecule has 0 heterocycles. The highest BCUT2D eigenvalue weighted by Gasteiger charge is 2.32. The van der Waals surface area contributed by atoms with Crippen LogP contribution in [0.2, 0.25) is 0 Å². The lowest BCUT2D eigenvalue weighted by Crippen LogP contribution is -2.45. The molecule has 1 amide bonds. The molecule has 1 aliphatic rings. The largest absolute Gasteiger partial charge is 0.501 e. The van der Waals surface area contributed by atoms with E-state index in [1.807, 2.05) is 0 Å². The van der Waals surface area contributed by atoms with Crippen molar-refractivity contribution in [3.8, 4) is 0 Å². The van der Waals surface area contributed by atoms with E-state index in [1.54, 1.807) is 27.9 Å². The lowest BCUT2D eigenvalue weighted by atomic mass is 9.92. The predicted octanol–water partition coefficient (Wildman–Crippen LogP) is 3.50. The first-order chi connectivity index (χ1) is 11.7. The van der Waals surface area contributed by atoms with E-state index in [9.17, 15) is 14.0 Å². The van der Waals surface area contributed by atoms with Crippen LogP contribution >= 0.6 is 0 Å². The second-order valence-corrected chi connectivity index (χ2v) is 7.16. The summed E-state index contributed by atoms with van der Waals surface area (Å²) in [5.74, 6) is 0.0815. The number of halogens is 1. The molecule has 0 bridgehead atoms. The number of alkyl halides is 1. The van der Waals surface area contributed by atoms with Crippen molar-refractivity contribution in [2.45, 2.75) is 64.5 Å². The van der Waals surface area contributed by atoms with E-state index in [2.05, 4.69) is 5.32 Å². The van der Waals surface area contributed by atoms with Crippen LogP contribution in [0.25, 0.3) is 0 Å². The third-order valence-electron chi connectivity index (χ3n) is 3.82. The highest BCUT2D eigenvalue weighted by molar-refractivity contribution is 5.81. The van der Waals surface area contributed by atoms with Crippen LogP contribution in [0.3, 0.4) is 0 Å². The number of amides is 1. The Kier molecular flexibility index (Phi) is 8.19. The highest BCUT2D eigenvalue weighted by Crippen LogP contribution is 2.38. The van der Waals surface area contributed by atoms with Gasteiger partial charge in [-0.25, -0.2) is 9.59 Å². The average Bonchev–Trinajstić information content (AvgIpc) is 3.34. The van der Waals surface area contributed by atoms with Crippen LogP contribution in [0.5, 0.6) is 0 Å². The number of alkyl carbamates (subject to hydrolysis) is 1. The third-order valence-corrected chi connectivity index (χ3v) is 3.82. The Morgan fingerprint density at radius 1 is 1.20 bits per heavy atom. The minimum atomic E-state index is -0.881. The maximum Gasteiger partial charge on any atom is 0.408 e. The Labute approximate surface area is 149 Å². The monoisotopic (exact) mass is 359 g/mol. The van der Waals surface area contributed by atoms with Crippen molar-refractivity contribution in [2.24, 2.45) is 5.92 Å². The first-order valence-electron chi connectivity index (χ1n) is 8.61. The lowest BCUT2D eigenvalue weighted by molar-refractivity contribution is -0.143. The summed E-state index contributed by atoms with van der Waals surface area (Å²) in [6, 6.07) is -0.881. The Bertz CT molecular complexity index is 492. The average molecular weight is 359 g/mol. The van der Waals surface area contributed by atoms with E-state index in [-0.39, 0.29) is 12.3 Å². The van der Waals surface area contributed by atoms with Gasteiger partial charge in [0.2, 0.25) is 0 Å². The van der Waals surface area contributed by atoms with Crippen molar-refractivity contribution < 1.29 is 28.2 Å². The summed E-state index contributed by atoms with van der Waals surface area (Å²) in [6.07, 6.45) is 2.40. The fraction of sp³-hybridized carbons (Fsp3) is 0.778. The van der Waals surface area contributed by atoms with E-state index in [0.717, 1.165) is 18.6 Å². The van der Waals surface area contributed by atoms with Crippen molar-refractivity contribution in [1.29, 1.82) is 0 Å². The first kappa shape index (κ1) is 21.3. The smallest absolute Gasteiger partial charge is 0.408 e. The zero-order chi connectivity index (χ0) is 19.0. The molecule has 2 atom stereocenters. The molecule has 6 nitrogen and oxygen atoms in total. The molecule has 25 heavy (non-hydrogen) atoms. The summed E-state index contributed by atoms with van der Waals surface area (Å²) >= 11 is 0. The Morgan fingerprint density at radius 2 is 1.84 bits per heavy atom. The minimum Gasteiger partial charge on any atom is -0.501 e. The van der Waals surface area contributed by atoms with Crippen LogP contribution in [0.4, 0.5) is 9.18 Å². The van der Waals surface area contributed by atoms with Crippen molar-refractivity contribution >= 4 is 12.1 Å². The van der Waals surface area contributed by atoms with E-state index >= 15 is 0 Å². The molecular formula is C18H30FNO5. The number of rotatable bonds is 9. The number of esters is 1. The second-order valence-electron chi connectivity index (χ2n) is 7.16. The van der Waals surface area contributed by atoms with Gasteiger partial charge in [-0.3, -0.25) is 4.39 Å². The molecular weight excluding hydrogens is 329 g/mol. The number of allylic oxidation sites excluding steroid dienone is 2. The van der Waals surface area contributed by atoms with E-state index < -0.39 is 30.4 Å². The Morgan fingerprint density at radius 3 is 2.28 bits per heavy atom. The van der Waals surface area contributed by atoms with E-state index in [4.69, 9.17) is 14.2 Å². The highest BCUT2D eigenvalue weighted by atomic mass is 19.1. The third kappa shape index (κ3) is 7.75. The van der Waals surface area contributed by atoms with Crippen LogP contribution in [0, 0.1) is 5.92 Å². The van der Waals surface area contributed by atoms with Gasteiger partial charge >= 0.3 is 12.1 Å². The predicted molar refractivity (Wildman–Crippen MR) is 91.8 cm³/mol. The fourth-order valence-corrected chi connectivity index (χ4v) is 2.68. The molecule has 0 saturated heterocycles. The number of hydrogen-bond acceptors (Lipinski definition) is 5. The zero-order valence-electron chi connectivity index (χ0n) is 15.8. The molecule has 1 rings (SSSR count). The Hall–Kier alpha value is -1.79. The standard InChI is InChI=1S/C18H30FNO5/c1-18(2,3)25-17(22)20-14(16(21)24-5)11-13(7-6-10-19)15(23-4)12-8-9-12/h13-14H,6-11H2,1-5H3,(H,20,22)/t13-,14-/m0/s1. The number of hydrogen-bond donors (Lipinski definition) is 1. The maximum absolute atomic E-state index is 12.7. The van der Waals surface area contributed by atoms with Crippen LogP contribution in [-0.4, -0.2) is 44.6 Å². The number of carbonyl (C=O) groups is 2. The van der Waals surface area contributed by atoms with Gasteiger partial charge in [-0.1, -0.05) is 0 Å². The Balaban J connectivity index is 2.86. The molecule has 1 saturated carbocycles. The van der Waals surface area contributed by atoms with Gasteiger partial charge in [0.1, 0.15) is 11.6 Å². The molecule has 0 spiro atoms. The van der Waals surface area contributed by atoms with Gasteiger partial charge in [-0.05, 0) is 58.4 Å². The summed E-state index contributed by atoms with van der Waals surface area (Å²) in [4.78, 5) is 24.1. The lowest BCUT2D eigenvalue weighted by Gasteiger charge is -2.26. The quantitative estimate of drug-likeness (QED) is 0.504. The van der Waals surface area contributed by atoms with Crippen molar-refractivity contribution in [3.63, 3.8) is 0 Å². The molecule has 144 valence electrons. The molecule has 1 fully saturated rings. The van der Waals surface area contributed by atoms with Crippen LogP contribution in [0.1, 0.15) is 52.9 Å². The number of ether oxygens (including phenoxy) is 3. The van der Waals surface area contributed by atoms with Gasteiger partial charge in [0.05, 0.1) is 26.7 Å². The van der Waals surface area contributed by atoms with Crippen molar-refractivity contribution in [2.75, 3.05) is 20.9 Å².